The van der Waals surface area contributed by atoms with E-state index in [1.165, 1.54) is 16.8 Å². The molecule has 2 amide bonds. The van der Waals surface area contributed by atoms with Crippen LogP contribution < -0.4 is 16.6 Å². The van der Waals surface area contributed by atoms with Gasteiger partial charge in [0.25, 0.3) is 11.5 Å². The molecule has 0 saturated heterocycles. The monoisotopic (exact) mass is 336 g/mol. The molecule has 0 unspecified atom stereocenters. The van der Waals surface area contributed by atoms with Gasteiger partial charge >= 0.3 is 0 Å². The number of fused-ring (bicyclic) bond motifs is 1. The highest BCUT2D eigenvalue weighted by Crippen LogP contribution is 2.04. The summed E-state index contributed by atoms with van der Waals surface area (Å²) in [6.45, 7) is 0. The molecule has 1 aromatic carbocycles. The number of rotatable bonds is 5. The summed E-state index contributed by atoms with van der Waals surface area (Å²) in [6.07, 6.45) is 2.97. The lowest BCUT2D eigenvalue weighted by Crippen LogP contribution is -2.47. The molecule has 1 atom stereocenters. The fourth-order valence-electron chi connectivity index (χ4n) is 2.49. The van der Waals surface area contributed by atoms with Crippen LogP contribution in [0.25, 0.3) is 5.65 Å². The van der Waals surface area contributed by atoms with Crippen LogP contribution in [0.5, 0.6) is 0 Å². The number of carbonyl (C=O) groups is 2. The molecule has 0 aliphatic carbocycles. The first kappa shape index (κ1) is 16.4. The van der Waals surface area contributed by atoms with Crippen LogP contribution in [0.3, 0.4) is 0 Å². The number of carbonyl (C=O) groups excluding carboxylic acids is 2. The maximum Gasteiger partial charge on any atom is 0.270 e. The Hall–Kier alpha value is -3.48. The lowest BCUT2D eigenvalue weighted by atomic mass is 10.1. The summed E-state index contributed by atoms with van der Waals surface area (Å²) in [4.78, 5) is 40.6. The summed E-state index contributed by atoms with van der Waals surface area (Å²) < 4.78 is 1.27. The van der Waals surface area contributed by atoms with Gasteiger partial charge in [-0.05, 0) is 17.7 Å². The van der Waals surface area contributed by atoms with Gasteiger partial charge in [-0.2, -0.15) is 0 Å². The minimum atomic E-state index is -0.925. The number of benzene rings is 1. The van der Waals surface area contributed by atoms with Crippen molar-refractivity contribution in [3.8, 4) is 0 Å². The zero-order valence-electron chi connectivity index (χ0n) is 13.3. The number of nitrogens with zero attached hydrogens (tertiary/aromatic N) is 2. The Morgan fingerprint density at radius 3 is 2.56 bits per heavy atom. The second-order valence-electron chi connectivity index (χ2n) is 5.52. The number of hydrogen-bond donors (Lipinski definition) is 2. The molecule has 3 aromatic rings. The van der Waals surface area contributed by atoms with Crippen LogP contribution in [-0.2, 0) is 11.2 Å². The van der Waals surface area contributed by atoms with Crippen LogP contribution in [0.1, 0.15) is 15.9 Å². The maximum absolute atomic E-state index is 12.4. The number of nitrogens with one attached hydrogen (secondary N) is 1. The van der Waals surface area contributed by atoms with E-state index in [1.54, 1.807) is 18.2 Å². The highest BCUT2D eigenvalue weighted by molar-refractivity contribution is 5.97. The van der Waals surface area contributed by atoms with E-state index >= 15 is 0 Å². The molecule has 2 aromatic heterocycles. The average Bonchev–Trinajstić information content (AvgIpc) is 2.62. The molecule has 0 aliphatic heterocycles. The molecule has 25 heavy (non-hydrogen) atoms. The van der Waals surface area contributed by atoms with Gasteiger partial charge in [0.05, 0.1) is 0 Å². The fraction of sp³-hybridized carbons (Fsp3) is 0.111. The topological polar surface area (TPSA) is 107 Å². The molecule has 0 saturated carbocycles. The van der Waals surface area contributed by atoms with Crippen molar-refractivity contribution in [2.75, 3.05) is 0 Å². The molecule has 7 nitrogen and oxygen atoms in total. The van der Waals surface area contributed by atoms with Crippen LogP contribution in [0, 0.1) is 0 Å². The van der Waals surface area contributed by atoms with Gasteiger partial charge in [0.1, 0.15) is 17.3 Å². The van der Waals surface area contributed by atoms with E-state index in [-0.39, 0.29) is 12.0 Å². The summed E-state index contributed by atoms with van der Waals surface area (Å²) in [5.74, 6) is -1.36. The van der Waals surface area contributed by atoms with Crippen molar-refractivity contribution in [3.05, 3.63) is 82.4 Å². The normalized spacial score (nSPS) is 11.8. The van der Waals surface area contributed by atoms with Crippen molar-refractivity contribution in [2.45, 2.75) is 12.5 Å². The Kier molecular flexibility index (Phi) is 4.56. The molecular weight excluding hydrogens is 320 g/mol. The number of primary amides is 1. The molecule has 7 heteroatoms. The Bertz CT molecular complexity index is 982. The standard InChI is InChI=1S/C18H16N4O3/c19-16(23)14(10-12-6-2-1-3-7-12)21-17(24)13-11-20-15-8-4-5-9-22(15)18(13)25/h1-9,11,14H,10H2,(H2,19,23)(H,21,24)/t14-/m0/s1. The van der Waals surface area contributed by atoms with Gasteiger partial charge in [0.2, 0.25) is 5.91 Å². The van der Waals surface area contributed by atoms with Crippen LogP contribution in [0.15, 0.2) is 65.7 Å². The van der Waals surface area contributed by atoms with E-state index < -0.39 is 23.4 Å². The molecule has 126 valence electrons. The number of pyridine rings is 1. The van der Waals surface area contributed by atoms with E-state index in [0.29, 0.717) is 5.65 Å². The third-order valence-corrected chi connectivity index (χ3v) is 3.79. The molecule has 0 spiro atoms. The van der Waals surface area contributed by atoms with Crippen molar-refractivity contribution >= 4 is 17.5 Å². The highest BCUT2D eigenvalue weighted by atomic mass is 16.2. The van der Waals surface area contributed by atoms with E-state index in [1.807, 2.05) is 30.3 Å². The Morgan fingerprint density at radius 2 is 1.84 bits per heavy atom. The zero-order chi connectivity index (χ0) is 17.8. The molecular formula is C18H16N4O3. The fourth-order valence-corrected chi connectivity index (χ4v) is 2.49. The lowest BCUT2D eigenvalue weighted by molar-refractivity contribution is -0.119. The molecule has 0 radical (unpaired) electrons. The number of aromatic nitrogens is 2. The van der Waals surface area contributed by atoms with Gasteiger partial charge < -0.3 is 11.1 Å². The van der Waals surface area contributed by atoms with Crippen LogP contribution >= 0.6 is 0 Å². The van der Waals surface area contributed by atoms with E-state index in [2.05, 4.69) is 10.3 Å². The Balaban J connectivity index is 1.86. The van der Waals surface area contributed by atoms with Crippen LogP contribution in [0.2, 0.25) is 0 Å². The van der Waals surface area contributed by atoms with E-state index in [9.17, 15) is 14.4 Å². The van der Waals surface area contributed by atoms with Crippen molar-refractivity contribution in [2.24, 2.45) is 5.73 Å². The van der Waals surface area contributed by atoms with Crippen molar-refractivity contribution in [3.63, 3.8) is 0 Å². The van der Waals surface area contributed by atoms with Crippen LogP contribution in [0.4, 0.5) is 0 Å². The van der Waals surface area contributed by atoms with E-state index in [4.69, 9.17) is 5.73 Å². The number of amides is 2. The van der Waals surface area contributed by atoms with Gasteiger partial charge in [0, 0.05) is 18.8 Å². The zero-order valence-corrected chi connectivity index (χ0v) is 13.3. The predicted molar refractivity (Wildman–Crippen MR) is 92.1 cm³/mol. The summed E-state index contributed by atoms with van der Waals surface area (Å²) >= 11 is 0. The summed E-state index contributed by atoms with van der Waals surface area (Å²) in [7, 11) is 0. The predicted octanol–water partition coefficient (Wildman–Crippen LogP) is 0.521. The number of nitrogens with two attached hydrogens (primary N) is 1. The van der Waals surface area contributed by atoms with Crippen molar-refractivity contribution in [1.82, 2.24) is 14.7 Å². The smallest absolute Gasteiger partial charge is 0.270 e. The average molecular weight is 336 g/mol. The molecule has 3 N–H and O–H groups in total. The highest BCUT2D eigenvalue weighted by Gasteiger charge is 2.21. The Labute approximate surface area is 143 Å². The molecule has 0 bridgehead atoms. The van der Waals surface area contributed by atoms with Crippen molar-refractivity contribution < 1.29 is 9.59 Å². The van der Waals surface area contributed by atoms with Gasteiger partial charge in [-0.25, -0.2) is 4.98 Å². The molecule has 3 rings (SSSR count). The van der Waals surface area contributed by atoms with E-state index in [0.717, 1.165) is 5.56 Å². The van der Waals surface area contributed by atoms with Gasteiger partial charge in [-0.1, -0.05) is 36.4 Å². The first-order valence-electron chi connectivity index (χ1n) is 7.67. The molecule has 0 fully saturated rings. The van der Waals surface area contributed by atoms with Crippen LogP contribution in [-0.4, -0.2) is 27.2 Å². The summed E-state index contributed by atoms with van der Waals surface area (Å²) in [5.41, 5.74) is 6.01. The number of hydrogen-bond acceptors (Lipinski definition) is 4. The first-order chi connectivity index (χ1) is 12.1. The summed E-state index contributed by atoms with van der Waals surface area (Å²) in [5, 5.41) is 2.52. The minimum Gasteiger partial charge on any atom is -0.368 e. The third kappa shape index (κ3) is 3.55. The van der Waals surface area contributed by atoms with Gasteiger partial charge in [0.15, 0.2) is 0 Å². The van der Waals surface area contributed by atoms with Gasteiger partial charge in [-0.3, -0.25) is 18.8 Å². The quantitative estimate of drug-likeness (QED) is 0.708. The second kappa shape index (κ2) is 6.96. The maximum atomic E-state index is 12.4. The Morgan fingerprint density at radius 1 is 1.12 bits per heavy atom. The SMILES string of the molecule is NC(=O)[C@H](Cc1ccccc1)NC(=O)c1cnc2ccccn2c1=O. The first-order valence-corrected chi connectivity index (χ1v) is 7.67. The minimum absolute atomic E-state index is 0.150. The molecule has 0 aliphatic rings. The summed E-state index contributed by atoms with van der Waals surface area (Å²) in [6, 6.07) is 13.3. The third-order valence-electron chi connectivity index (χ3n) is 3.79. The molecule has 2 heterocycles. The second-order valence-corrected chi connectivity index (χ2v) is 5.52. The lowest BCUT2D eigenvalue weighted by Gasteiger charge is -2.15. The largest absolute Gasteiger partial charge is 0.368 e. The van der Waals surface area contributed by atoms with Crippen molar-refractivity contribution in [1.29, 1.82) is 0 Å². The van der Waals surface area contributed by atoms with Gasteiger partial charge in [-0.15, -0.1) is 0 Å².